The summed E-state index contributed by atoms with van der Waals surface area (Å²) in [5, 5.41) is 0. The second kappa shape index (κ2) is 50.1. The van der Waals surface area contributed by atoms with Gasteiger partial charge in [0.15, 0.2) is 0 Å². The van der Waals surface area contributed by atoms with Gasteiger partial charge >= 0.3 is 0 Å². The predicted octanol–water partition coefficient (Wildman–Crippen LogP) is 6.99. The van der Waals surface area contributed by atoms with Gasteiger partial charge in [0, 0.05) is 72.4 Å². The van der Waals surface area contributed by atoms with Crippen molar-refractivity contribution in [1.29, 1.82) is 0 Å². The van der Waals surface area contributed by atoms with E-state index >= 15 is 33.6 Å². The third-order valence-corrected chi connectivity index (χ3v) is 20.4. The third kappa shape index (κ3) is 31.6. The SMILES string of the molecule is CC(=O)N(CC(=O)N(CC(=O)N(CCCCN)CC(=O)N(CC(=O)N(CC(=O)N(CCCCN)CC(=O)N(CC(=O)N(CC(=O)N(CCCCN)CC(=O)N(CC(=O)N(CC(N)=O)Cc1ccccc1)Cc1ccccc1)Cc1ccccc1)Cc1ccccc1)Cc1ccccc1)[C@@H](C)c1ccccc1)Cc1ccccc1)Cc1ccccc1. The second-order valence-electron chi connectivity index (χ2n) is 29.8. The molecule has 634 valence electrons. The molecule has 27 heteroatoms. The van der Waals surface area contributed by atoms with Crippen LogP contribution in [0.3, 0.4) is 0 Å². The van der Waals surface area contributed by atoms with Crippen LogP contribution in [0.4, 0.5) is 0 Å². The van der Waals surface area contributed by atoms with Crippen molar-refractivity contribution in [2.45, 2.75) is 104 Å². The monoisotopic (exact) mass is 1630 g/mol. The molecule has 0 radical (unpaired) electrons. The lowest BCUT2D eigenvalue weighted by molar-refractivity contribution is -0.150. The number of hydrogen-bond acceptors (Lipinski definition) is 15. The number of hydrogen-bond donors (Lipinski definition) is 4. The van der Waals surface area contributed by atoms with Crippen molar-refractivity contribution in [1.82, 2.24) is 53.9 Å². The standard InChI is InChI=1S/C93H115N15O12/c1-73(82-47-25-10-26-48-82)108(93(120)71-100(54-32-29-51-96)86(113)67-103(57-77-37-15-5-16-38-77)89(116)65-101(74(2)109)55-75-33-11-3-12-34-75)72-92(119)107(61-81-45-23-9-24-46-81)68-85(112)99(53-31-28-50-95)64-88(115)106(60-80-43-21-8-22-44-80)70-91(118)104(58-78-39-17-6-18-40-78)66-84(111)98(52-30-27-49-94)63-87(114)105(59-79-41-19-7-20-42-79)69-90(117)102(62-83(97)110)56-76-35-13-4-14-36-76/h3-26,33-48,73H,27-32,49-72,94-96H2,1-2H3,(H2,97,110)/t73-/m0/s1. The Morgan fingerprint density at radius 3 is 0.667 bits per heavy atom. The highest BCUT2D eigenvalue weighted by Gasteiger charge is 2.35. The van der Waals surface area contributed by atoms with E-state index in [4.69, 9.17) is 22.9 Å². The molecule has 0 heterocycles. The Kier molecular flexibility index (Phi) is 38.8. The fraction of sp³-hybridized carbons (Fsp3) is 0.355. The lowest BCUT2D eigenvalue weighted by atomic mass is 10.1. The number of carbonyl (C=O) groups excluding carboxylic acids is 12. The van der Waals surface area contributed by atoms with Crippen LogP contribution in [0.2, 0.25) is 0 Å². The van der Waals surface area contributed by atoms with Crippen LogP contribution >= 0.6 is 0 Å². The van der Waals surface area contributed by atoms with E-state index in [-0.39, 0.29) is 97.5 Å². The van der Waals surface area contributed by atoms with Gasteiger partial charge in [0.2, 0.25) is 70.9 Å². The van der Waals surface area contributed by atoms with Crippen LogP contribution in [0.1, 0.15) is 103 Å². The van der Waals surface area contributed by atoms with E-state index < -0.39 is 136 Å². The zero-order valence-electron chi connectivity index (χ0n) is 69.0. The molecule has 0 spiro atoms. The van der Waals surface area contributed by atoms with Gasteiger partial charge in [-0.1, -0.05) is 243 Å². The van der Waals surface area contributed by atoms with Gasteiger partial charge in [-0.2, -0.15) is 0 Å². The maximum absolute atomic E-state index is 15.6. The number of rotatable bonds is 50. The Bertz CT molecular complexity index is 4550. The smallest absolute Gasteiger partial charge is 0.243 e. The van der Waals surface area contributed by atoms with E-state index in [0.29, 0.717) is 66.3 Å². The number of unbranched alkanes of at least 4 members (excludes halogenated alkanes) is 3. The van der Waals surface area contributed by atoms with E-state index in [1.54, 1.807) is 159 Å². The quantitative estimate of drug-likeness (QED) is 0.0279. The van der Waals surface area contributed by atoms with Crippen molar-refractivity contribution in [2.75, 3.05) is 111 Å². The first-order valence-corrected chi connectivity index (χ1v) is 40.8. The molecular formula is C93H115N15O12. The van der Waals surface area contributed by atoms with Crippen molar-refractivity contribution in [3.05, 3.63) is 287 Å². The Hall–Kier alpha value is -12.7. The van der Waals surface area contributed by atoms with Crippen LogP contribution < -0.4 is 22.9 Å². The molecule has 0 unspecified atom stereocenters. The molecule has 12 amide bonds. The molecule has 1 atom stereocenters. The summed E-state index contributed by atoms with van der Waals surface area (Å²) in [4.78, 5) is 192. The first kappa shape index (κ1) is 92.8. The summed E-state index contributed by atoms with van der Waals surface area (Å²) in [5.41, 5.74) is 29.2. The normalized spacial score (nSPS) is 11.1. The zero-order valence-corrected chi connectivity index (χ0v) is 69.0. The minimum atomic E-state index is -0.796. The molecule has 8 rings (SSSR count). The summed E-state index contributed by atoms with van der Waals surface area (Å²) < 4.78 is 0. The Labute approximate surface area is 704 Å². The van der Waals surface area contributed by atoms with Crippen LogP contribution in [0, 0.1) is 0 Å². The molecule has 0 aliphatic carbocycles. The summed E-state index contributed by atoms with van der Waals surface area (Å²) >= 11 is 0. The first-order valence-electron chi connectivity index (χ1n) is 40.8. The number of benzene rings is 8. The lowest BCUT2D eigenvalue weighted by Crippen LogP contribution is -2.52. The number of amides is 12. The average Bonchev–Trinajstić information content (AvgIpc) is 0.838. The van der Waals surface area contributed by atoms with Crippen LogP contribution in [0.15, 0.2) is 243 Å². The first-order chi connectivity index (χ1) is 58.1. The molecule has 8 aromatic rings. The van der Waals surface area contributed by atoms with Crippen molar-refractivity contribution < 1.29 is 57.5 Å². The largest absolute Gasteiger partial charge is 0.368 e. The highest BCUT2D eigenvalue weighted by atomic mass is 16.2. The maximum Gasteiger partial charge on any atom is 0.243 e. The molecule has 0 aliphatic rings. The fourth-order valence-corrected chi connectivity index (χ4v) is 13.7. The summed E-state index contributed by atoms with van der Waals surface area (Å²) in [5.74, 6) is -7.22. The zero-order chi connectivity index (χ0) is 86.0. The molecule has 0 aliphatic heterocycles. The van der Waals surface area contributed by atoms with Gasteiger partial charge in [-0.15, -0.1) is 0 Å². The minimum absolute atomic E-state index is 0.00360. The molecular weight excluding hydrogens is 1520 g/mol. The van der Waals surface area contributed by atoms with Crippen molar-refractivity contribution in [3.8, 4) is 0 Å². The van der Waals surface area contributed by atoms with Crippen molar-refractivity contribution in [3.63, 3.8) is 0 Å². The maximum atomic E-state index is 15.6. The van der Waals surface area contributed by atoms with Gasteiger partial charge in [-0.25, -0.2) is 0 Å². The fourth-order valence-electron chi connectivity index (χ4n) is 13.7. The van der Waals surface area contributed by atoms with Crippen molar-refractivity contribution >= 4 is 70.9 Å². The van der Waals surface area contributed by atoms with Gasteiger partial charge in [0.25, 0.3) is 0 Å². The summed E-state index contributed by atoms with van der Waals surface area (Å²) in [6.07, 6.45) is 2.49. The molecule has 8 aromatic carbocycles. The molecule has 0 saturated heterocycles. The summed E-state index contributed by atoms with van der Waals surface area (Å²) in [6.45, 7) is -1.91. The average molecular weight is 1640 g/mol. The van der Waals surface area contributed by atoms with Crippen LogP contribution in [-0.4, -0.2) is 236 Å². The Morgan fingerprint density at radius 1 is 0.242 bits per heavy atom. The lowest BCUT2D eigenvalue weighted by Gasteiger charge is -2.35. The number of nitrogens with zero attached hydrogens (tertiary/aromatic N) is 11. The van der Waals surface area contributed by atoms with Gasteiger partial charge in [-0.3, -0.25) is 57.5 Å². The molecule has 8 N–H and O–H groups in total. The van der Waals surface area contributed by atoms with Gasteiger partial charge in [0.05, 0.1) is 32.2 Å². The molecule has 0 fully saturated rings. The van der Waals surface area contributed by atoms with Gasteiger partial charge in [-0.05, 0) is 110 Å². The second-order valence-corrected chi connectivity index (χ2v) is 29.8. The molecule has 120 heavy (non-hydrogen) atoms. The third-order valence-electron chi connectivity index (χ3n) is 20.4. The molecule has 0 saturated carbocycles. The summed E-state index contributed by atoms with van der Waals surface area (Å²) in [6, 6.07) is 71.3. The highest BCUT2D eigenvalue weighted by Crippen LogP contribution is 2.23. The molecule has 27 nitrogen and oxygen atoms in total. The van der Waals surface area contributed by atoms with E-state index in [9.17, 15) is 24.0 Å². The minimum Gasteiger partial charge on any atom is -0.368 e. The van der Waals surface area contributed by atoms with E-state index in [2.05, 4.69) is 0 Å². The topological polar surface area (TPSA) is 345 Å². The predicted molar refractivity (Wildman–Crippen MR) is 459 cm³/mol. The molecule has 0 aromatic heterocycles. The van der Waals surface area contributed by atoms with E-state index in [1.807, 2.05) is 91.0 Å². The number of nitrogens with two attached hydrogens (primary N) is 4. The van der Waals surface area contributed by atoms with Gasteiger partial charge < -0.3 is 76.8 Å². The Balaban J connectivity index is 1.06. The van der Waals surface area contributed by atoms with Gasteiger partial charge in [0.1, 0.15) is 45.8 Å². The van der Waals surface area contributed by atoms with Crippen LogP contribution in [0.5, 0.6) is 0 Å². The van der Waals surface area contributed by atoms with E-state index in [1.165, 1.54) is 60.8 Å². The van der Waals surface area contributed by atoms with Crippen LogP contribution in [-0.2, 0) is 103 Å². The van der Waals surface area contributed by atoms with Crippen molar-refractivity contribution in [2.24, 2.45) is 22.9 Å². The molecule has 0 bridgehead atoms. The number of primary amides is 1. The van der Waals surface area contributed by atoms with E-state index in [0.717, 1.165) is 16.7 Å². The van der Waals surface area contributed by atoms with Crippen LogP contribution in [0.25, 0.3) is 0 Å². The highest BCUT2D eigenvalue weighted by molar-refractivity contribution is 5.95. The summed E-state index contributed by atoms with van der Waals surface area (Å²) in [7, 11) is 0. The number of carbonyl (C=O) groups is 12. The Morgan fingerprint density at radius 2 is 0.433 bits per heavy atom.